The van der Waals surface area contributed by atoms with Gasteiger partial charge in [-0.05, 0) is 36.5 Å². The molecule has 0 unspecified atom stereocenters. The first-order valence-electron chi connectivity index (χ1n) is 4.53. The maximum Gasteiger partial charge on any atom is 0.418 e. The van der Waals surface area contributed by atoms with Crippen molar-refractivity contribution in [2.24, 2.45) is 4.99 Å². The maximum absolute atomic E-state index is 11.4. The molecule has 0 saturated heterocycles. The summed E-state index contributed by atoms with van der Waals surface area (Å²) >= 11 is 4.53. The molecule has 0 radical (unpaired) electrons. The summed E-state index contributed by atoms with van der Waals surface area (Å²) in [6.07, 6.45) is 1.24. The monoisotopic (exact) mass is 232 g/mol. The van der Waals surface area contributed by atoms with E-state index in [4.69, 9.17) is 0 Å². The van der Waals surface area contributed by atoms with Gasteiger partial charge in [-0.15, -0.1) is 0 Å². The Bertz CT molecular complexity index is 597. The van der Waals surface area contributed by atoms with Crippen molar-refractivity contribution in [3.63, 3.8) is 0 Å². The molecule has 0 bridgehead atoms. The minimum Gasteiger partial charge on any atom is -0.452 e. The lowest BCUT2D eigenvalue weighted by Crippen LogP contribution is -2.09. The maximum atomic E-state index is 11.4. The fraction of sp³-hybridized carbons (Fsp3) is 0.0909. The summed E-state index contributed by atoms with van der Waals surface area (Å²) in [5, 5.41) is 3.20. The van der Waals surface area contributed by atoms with Crippen molar-refractivity contribution in [2.75, 3.05) is 7.11 Å². The molecule has 1 heterocycles. The zero-order valence-electron chi connectivity index (χ0n) is 8.51. The molecular formula is C11H8N2O2S. The van der Waals surface area contributed by atoms with Gasteiger partial charge in [0, 0.05) is 11.6 Å². The first kappa shape index (κ1) is 10.5. The number of aliphatic imine (C=N–C) groups is 1. The summed E-state index contributed by atoms with van der Waals surface area (Å²) in [4.78, 5) is 15.3. The molecule has 2 rings (SSSR count). The Hall–Kier alpha value is -1.97. The van der Waals surface area contributed by atoms with Gasteiger partial charge in [0.2, 0.25) is 0 Å². The number of isothiocyanates is 1. The third kappa shape index (κ3) is 1.74. The molecule has 0 aliphatic heterocycles. The van der Waals surface area contributed by atoms with Crippen molar-refractivity contribution in [3.05, 3.63) is 30.5 Å². The van der Waals surface area contributed by atoms with Crippen LogP contribution in [0.25, 0.3) is 10.9 Å². The highest BCUT2D eigenvalue weighted by Gasteiger charge is 2.08. The molecule has 1 aromatic carbocycles. The number of thiocarbonyl (C=S) groups is 1. The molecule has 4 nitrogen and oxygen atoms in total. The number of hydrogen-bond donors (Lipinski definition) is 0. The number of hydrogen-bond acceptors (Lipinski definition) is 4. The molecule has 0 aliphatic rings. The van der Waals surface area contributed by atoms with Crippen LogP contribution in [0, 0.1) is 0 Å². The van der Waals surface area contributed by atoms with Crippen molar-refractivity contribution in [2.45, 2.75) is 0 Å². The number of methoxy groups -OCH3 is 1. The van der Waals surface area contributed by atoms with E-state index in [1.165, 1.54) is 11.7 Å². The zero-order chi connectivity index (χ0) is 11.5. The molecule has 2 aromatic rings. The second kappa shape index (κ2) is 4.26. The molecule has 0 spiro atoms. The van der Waals surface area contributed by atoms with E-state index in [-0.39, 0.29) is 0 Å². The van der Waals surface area contributed by atoms with Gasteiger partial charge in [0.05, 0.1) is 23.5 Å². The van der Waals surface area contributed by atoms with Crippen LogP contribution in [0.5, 0.6) is 0 Å². The fourth-order valence-corrected chi connectivity index (χ4v) is 1.62. The summed E-state index contributed by atoms with van der Waals surface area (Å²) in [6.45, 7) is 0. The van der Waals surface area contributed by atoms with Gasteiger partial charge in [-0.2, -0.15) is 4.99 Å². The summed E-state index contributed by atoms with van der Waals surface area (Å²) in [6, 6.07) is 7.20. The Morgan fingerprint density at radius 3 is 3.00 bits per heavy atom. The van der Waals surface area contributed by atoms with E-state index in [1.807, 2.05) is 12.1 Å². The first-order valence-corrected chi connectivity index (χ1v) is 4.94. The van der Waals surface area contributed by atoms with Crippen LogP contribution in [0.2, 0.25) is 0 Å². The average molecular weight is 232 g/mol. The minimum atomic E-state index is -0.416. The molecule has 0 fully saturated rings. The summed E-state index contributed by atoms with van der Waals surface area (Å²) in [7, 11) is 1.35. The van der Waals surface area contributed by atoms with Crippen LogP contribution in [0.3, 0.4) is 0 Å². The normalized spacial score (nSPS) is 9.81. The second-order valence-corrected chi connectivity index (χ2v) is 3.28. The predicted molar refractivity (Wildman–Crippen MR) is 64.4 cm³/mol. The standard InChI is InChI=1S/C11H8N2O2S/c1-15-11(14)13-5-4-8-6-9(12-7-16)2-3-10(8)13/h2-6H,1H3. The smallest absolute Gasteiger partial charge is 0.418 e. The van der Waals surface area contributed by atoms with Crippen LogP contribution in [0.4, 0.5) is 10.5 Å². The predicted octanol–water partition coefficient (Wildman–Crippen LogP) is 2.99. The highest BCUT2D eigenvalue weighted by molar-refractivity contribution is 7.78. The van der Waals surface area contributed by atoms with Crippen molar-refractivity contribution in [1.82, 2.24) is 4.57 Å². The number of carbonyl (C=O) groups excluding carboxylic acids is 1. The Morgan fingerprint density at radius 1 is 1.50 bits per heavy atom. The van der Waals surface area contributed by atoms with Crippen LogP contribution < -0.4 is 0 Å². The lowest BCUT2D eigenvalue weighted by atomic mass is 10.2. The molecule has 0 atom stereocenters. The fourth-order valence-electron chi connectivity index (χ4n) is 1.51. The van der Waals surface area contributed by atoms with Gasteiger partial charge in [-0.3, -0.25) is 4.57 Å². The van der Waals surface area contributed by atoms with Crippen LogP contribution in [0.1, 0.15) is 0 Å². The number of ether oxygens (including phenoxy) is 1. The van der Waals surface area contributed by atoms with E-state index in [2.05, 4.69) is 27.1 Å². The van der Waals surface area contributed by atoms with E-state index < -0.39 is 6.09 Å². The minimum absolute atomic E-state index is 0.416. The van der Waals surface area contributed by atoms with Gasteiger partial charge in [0.15, 0.2) is 0 Å². The number of rotatable bonds is 1. The Morgan fingerprint density at radius 2 is 2.31 bits per heavy atom. The lowest BCUT2D eigenvalue weighted by molar-refractivity contribution is 0.174. The largest absolute Gasteiger partial charge is 0.452 e. The van der Waals surface area contributed by atoms with Crippen molar-refractivity contribution in [3.8, 4) is 0 Å². The van der Waals surface area contributed by atoms with Gasteiger partial charge < -0.3 is 4.74 Å². The van der Waals surface area contributed by atoms with Gasteiger partial charge in [0.25, 0.3) is 0 Å². The van der Waals surface area contributed by atoms with E-state index in [0.717, 1.165) is 10.9 Å². The number of nitrogens with zero attached hydrogens (tertiary/aromatic N) is 2. The topological polar surface area (TPSA) is 43.6 Å². The summed E-state index contributed by atoms with van der Waals surface area (Å²) < 4.78 is 6.08. The van der Waals surface area contributed by atoms with E-state index >= 15 is 0 Å². The van der Waals surface area contributed by atoms with Gasteiger partial charge in [-0.1, -0.05) is 0 Å². The van der Waals surface area contributed by atoms with E-state index in [0.29, 0.717) is 5.69 Å². The molecule has 16 heavy (non-hydrogen) atoms. The number of benzene rings is 1. The molecule has 1 aromatic heterocycles. The lowest BCUT2D eigenvalue weighted by Gasteiger charge is -2.01. The third-order valence-corrected chi connectivity index (χ3v) is 2.31. The number of aromatic nitrogens is 1. The average Bonchev–Trinajstić information content (AvgIpc) is 2.71. The molecule has 80 valence electrons. The SMILES string of the molecule is COC(=O)n1ccc2cc(N=C=S)ccc21. The number of carbonyl (C=O) groups is 1. The first-order chi connectivity index (χ1) is 7.76. The van der Waals surface area contributed by atoms with Gasteiger partial charge in [0.1, 0.15) is 0 Å². The zero-order valence-corrected chi connectivity index (χ0v) is 9.32. The summed E-state index contributed by atoms with van der Waals surface area (Å²) in [5.74, 6) is 0. The van der Waals surface area contributed by atoms with Crippen LogP contribution in [0.15, 0.2) is 35.5 Å². The van der Waals surface area contributed by atoms with Crippen molar-refractivity contribution < 1.29 is 9.53 Å². The molecule has 5 heteroatoms. The Labute approximate surface area is 97.2 Å². The molecule has 0 amide bonds. The highest BCUT2D eigenvalue weighted by Crippen LogP contribution is 2.22. The van der Waals surface area contributed by atoms with Crippen LogP contribution >= 0.6 is 12.2 Å². The van der Waals surface area contributed by atoms with Gasteiger partial charge in [-0.25, -0.2) is 4.79 Å². The van der Waals surface area contributed by atoms with Gasteiger partial charge >= 0.3 is 6.09 Å². The Balaban J connectivity index is 2.58. The molecule has 0 aliphatic carbocycles. The highest BCUT2D eigenvalue weighted by atomic mass is 32.1. The molecular weight excluding hydrogens is 224 g/mol. The third-order valence-electron chi connectivity index (χ3n) is 2.22. The quantitative estimate of drug-likeness (QED) is 0.560. The van der Waals surface area contributed by atoms with E-state index in [9.17, 15) is 4.79 Å². The van der Waals surface area contributed by atoms with Crippen molar-refractivity contribution >= 4 is 40.1 Å². The van der Waals surface area contributed by atoms with E-state index in [1.54, 1.807) is 18.3 Å². The van der Waals surface area contributed by atoms with Crippen LogP contribution in [-0.2, 0) is 4.74 Å². The molecule has 0 N–H and O–H groups in total. The Kier molecular flexibility index (Phi) is 2.81. The number of fused-ring (bicyclic) bond motifs is 1. The molecule has 0 saturated carbocycles. The second-order valence-electron chi connectivity index (χ2n) is 3.10. The van der Waals surface area contributed by atoms with Crippen LogP contribution in [-0.4, -0.2) is 22.9 Å². The van der Waals surface area contributed by atoms with Crippen molar-refractivity contribution in [1.29, 1.82) is 0 Å². The summed E-state index contributed by atoms with van der Waals surface area (Å²) in [5.41, 5.74) is 1.49.